The van der Waals surface area contributed by atoms with Gasteiger partial charge >= 0.3 is 0 Å². The molecule has 0 fully saturated rings. The summed E-state index contributed by atoms with van der Waals surface area (Å²) in [5.74, 6) is -1.37. The highest BCUT2D eigenvalue weighted by atomic mass is 16.6. The molecule has 7 nitrogen and oxygen atoms in total. The molecule has 25 heavy (non-hydrogen) atoms. The summed E-state index contributed by atoms with van der Waals surface area (Å²) in [6.07, 6.45) is 0.697. The van der Waals surface area contributed by atoms with E-state index in [2.05, 4.69) is 0 Å². The zero-order valence-electron chi connectivity index (χ0n) is 14.7. The van der Waals surface area contributed by atoms with Crippen molar-refractivity contribution in [1.82, 2.24) is 0 Å². The van der Waals surface area contributed by atoms with Gasteiger partial charge in [-0.05, 0) is 32.8 Å². The van der Waals surface area contributed by atoms with Crippen molar-refractivity contribution in [2.75, 3.05) is 0 Å². The van der Waals surface area contributed by atoms with Crippen LogP contribution in [-0.2, 0) is 9.47 Å². The van der Waals surface area contributed by atoms with Gasteiger partial charge in [-0.1, -0.05) is 13.8 Å². The summed E-state index contributed by atoms with van der Waals surface area (Å²) < 4.78 is 11.3. The summed E-state index contributed by atoms with van der Waals surface area (Å²) >= 11 is 0. The van der Waals surface area contributed by atoms with Gasteiger partial charge in [0.15, 0.2) is 0 Å². The van der Waals surface area contributed by atoms with Crippen molar-refractivity contribution in [3.8, 4) is 0 Å². The summed E-state index contributed by atoms with van der Waals surface area (Å²) in [4.78, 5) is 36.0. The van der Waals surface area contributed by atoms with Crippen LogP contribution in [0.5, 0.6) is 0 Å². The van der Waals surface area contributed by atoms with E-state index in [9.17, 15) is 19.7 Å². The fourth-order valence-corrected chi connectivity index (χ4v) is 2.27. The minimum absolute atomic E-state index is 0.0333. The summed E-state index contributed by atoms with van der Waals surface area (Å²) in [7, 11) is 0. The molecular weight excluding hydrogens is 326 g/mol. The summed E-state index contributed by atoms with van der Waals surface area (Å²) in [5.41, 5.74) is -0.200. The third kappa shape index (κ3) is 3.70. The van der Waals surface area contributed by atoms with Gasteiger partial charge in [-0.3, -0.25) is 19.7 Å². The third-order valence-electron chi connectivity index (χ3n) is 4.11. The molecule has 0 spiro atoms. The van der Waals surface area contributed by atoms with Gasteiger partial charge in [-0.15, -0.1) is 0 Å². The number of carbonyl (C=O) groups excluding carboxylic acids is 2. The molecule has 1 aromatic rings. The lowest BCUT2D eigenvalue weighted by molar-refractivity contribution is -0.384. The minimum atomic E-state index is -0.609. The average molecular weight is 347 g/mol. The molecule has 0 saturated carbocycles. The number of fused-ring (bicyclic) bond motifs is 1. The van der Waals surface area contributed by atoms with Gasteiger partial charge in [0.05, 0.1) is 17.1 Å². The average Bonchev–Trinajstić information content (AvgIpc) is 2.61. The molecule has 0 heterocycles. The molecule has 134 valence electrons. The quantitative estimate of drug-likeness (QED) is 0.549. The standard InChI is InChI=1S/C18H21NO6/c1-5-10(3)24-17-15(20)13-8-7-12(19(22)23)9-14(13)16(21)18(17)25-11(4)6-2/h7-11H,5-6H2,1-4H3. The van der Waals surface area contributed by atoms with Gasteiger partial charge in [0.25, 0.3) is 5.69 Å². The predicted molar refractivity (Wildman–Crippen MR) is 90.5 cm³/mol. The van der Waals surface area contributed by atoms with Crippen LogP contribution < -0.4 is 0 Å². The van der Waals surface area contributed by atoms with Crippen molar-refractivity contribution >= 4 is 17.3 Å². The van der Waals surface area contributed by atoms with Gasteiger partial charge in [-0.25, -0.2) is 0 Å². The number of nitro benzene ring substituents is 1. The topological polar surface area (TPSA) is 95.7 Å². The molecule has 0 aliphatic heterocycles. The number of rotatable bonds is 7. The van der Waals surface area contributed by atoms with Gasteiger partial charge in [0.1, 0.15) is 0 Å². The molecule has 2 rings (SSSR count). The zero-order valence-corrected chi connectivity index (χ0v) is 14.7. The Bertz CT molecular complexity index is 752. The predicted octanol–water partition coefficient (Wildman–Crippen LogP) is 3.82. The first-order valence-electron chi connectivity index (χ1n) is 8.25. The van der Waals surface area contributed by atoms with Crippen LogP contribution >= 0.6 is 0 Å². The lowest BCUT2D eigenvalue weighted by Crippen LogP contribution is -2.28. The highest BCUT2D eigenvalue weighted by Gasteiger charge is 2.37. The maximum Gasteiger partial charge on any atom is 0.270 e. The van der Waals surface area contributed by atoms with Gasteiger partial charge < -0.3 is 9.47 Å². The number of Topliss-reactive ketones (excluding diaryl/α,β-unsaturated/α-hetero) is 2. The van der Waals surface area contributed by atoms with Crippen molar-refractivity contribution < 1.29 is 24.0 Å². The number of nitrogens with zero attached hydrogens (tertiary/aromatic N) is 1. The van der Waals surface area contributed by atoms with Crippen molar-refractivity contribution in [3.05, 3.63) is 51.0 Å². The number of nitro groups is 1. The van der Waals surface area contributed by atoms with Crippen LogP contribution in [0.3, 0.4) is 0 Å². The minimum Gasteiger partial charge on any atom is -0.483 e. The van der Waals surface area contributed by atoms with Crippen LogP contribution in [-0.4, -0.2) is 28.7 Å². The molecule has 1 aromatic carbocycles. The number of carbonyl (C=O) groups is 2. The second-order valence-electron chi connectivity index (χ2n) is 5.98. The van der Waals surface area contributed by atoms with Crippen LogP contribution in [0.4, 0.5) is 5.69 Å². The van der Waals surface area contributed by atoms with E-state index >= 15 is 0 Å². The third-order valence-corrected chi connectivity index (χ3v) is 4.11. The summed E-state index contributed by atoms with van der Waals surface area (Å²) in [6, 6.07) is 3.59. The van der Waals surface area contributed by atoms with E-state index in [1.807, 2.05) is 13.8 Å². The van der Waals surface area contributed by atoms with Crippen LogP contribution in [0.2, 0.25) is 0 Å². The van der Waals surface area contributed by atoms with Crippen LogP contribution in [0, 0.1) is 10.1 Å². The lowest BCUT2D eigenvalue weighted by Gasteiger charge is -2.25. The second kappa shape index (κ2) is 7.46. The number of non-ortho nitro benzene ring substituents is 1. The van der Waals surface area contributed by atoms with E-state index in [1.54, 1.807) is 13.8 Å². The maximum atomic E-state index is 12.8. The van der Waals surface area contributed by atoms with E-state index in [0.29, 0.717) is 12.8 Å². The molecule has 0 saturated heterocycles. The van der Waals surface area contributed by atoms with Gasteiger partial charge in [0, 0.05) is 23.3 Å². The molecular formula is C18H21NO6. The lowest BCUT2D eigenvalue weighted by atomic mass is 9.91. The molecule has 0 bridgehead atoms. The van der Waals surface area contributed by atoms with Crippen molar-refractivity contribution in [2.45, 2.75) is 52.7 Å². The molecule has 7 heteroatoms. The van der Waals surface area contributed by atoms with Crippen molar-refractivity contribution in [1.29, 1.82) is 0 Å². The van der Waals surface area contributed by atoms with Crippen molar-refractivity contribution in [3.63, 3.8) is 0 Å². The van der Waals surface area contributed by atoms with E-state index in [4.69, 9.17) is 9.47 Å². The first-order valence-corrected chi connectivity index (χ1v) is 8.25. The molecule has 0 radical (unpaired) electrons. The zero-order chi connectivity index (χ0) is 18.7. The number of benzene rings is 1. The number of allylic oxidation sites excluding steroid dienone is 2. The van der Waals surface area contributed by atoms with E-state index < -0.39 is 16.5 Å². The second-order valence-corrected chi connectivity index (χ2v) is 5.98. The number of hydrogen-bond donors (Lipinski definition) is 0. The van der Waals surface area contributed by atoms with Gasteiger partial charge in [-0.2, -0.15) is 0 Å². The molecule has 2 atom stereocenters. The Hall–Kier alpha value is -2.70. The smallest absolute Gasteiger partial charge is 0.270 e. The molecule has 2 unspecified atom stereocenters. The fraction of sp³-hybridized carbons (Fsp3) is 0.444. The Morgan fingerprint density at radius 3 is 1.88 bits per heavy atom. The molecule has 0 N–H and O–H groups in total. The largest absolute Gasteiger partial charge is 0.483 e. The Morgan fingerprint density at radius 1 is 0.960 bits per heavy atom. The Labute approximate surface area is 145 Å². The van der Waals surface area contributed by atoms with Crippen LogP contribution in [0.15, 0.2) is 29.7 Å². The van der Waals surface area contributed by atoms with Crippen LogP contribution in [0.1, 0.15) is 61.3 Å². The molecule has 0 amide bonds. The van der Waals surface area contributed by atoms with Crippen LogP contribution in [0.25, 0.3) is 0 Å². The molecule has 1 aliphatic rings. The monoisotopic (exact) mass is 347 g/mol. The first-order chi connectivity index (χ1) is 11.8. The number of hydrogen-bond acceptors (Lipinski definition) is 6. The summed E-state index contributed by atoms with van der Waals surface area (Å²) in [5, 5.41) is 11.0. The fourth-order valence-electron chi connectivity index (χ4n) is 2.27. The van der Waals surface area contributed by atoms with E-state index in [0.717, 1.165) is 6.07 Å². The normalized spacial score (nSPS) is 16.3. The van der Waals surface area contributed by atoms with Gasteiger partial charge in [0.2, 0.25) is 23.1 Å². The van der Waals surface area contributed by atoms with E-state index in [1.165, 1.54) is 12.1 Å². The Kier molecular flexibility index (Phi) is 5.56. The SMILES string of the molecule is CCC(C)OC1=C(OC(C)CC)C(=O)c2cc([N+](=O)[O-])ccc2C1=O. The maximum absolute atomic E-state index is 12.8. The number of ether oxygens (including phenoxy) is 2. The first kappa shape index (κ1) is 18.6. The highest BCUT2D eigenvalue weighted by molar-refractivity contribution is 6.25. The summed E-state index contributed by atoms with van der Waals surface area (Å²) in [6.45, 7) is 7.34. The Morgan fingerprint density at radius 2 is 1.44 bits per heavy atom. The molecule has 1 aliphatic carbocycles. The van der Waals surface area contributed by atoms with E-state index in [-0.39, 0.29) is 40.5 Å². The number of ketones is 2. The van der Waals surface area contributed by atoms with Crippen molar-refractivity contribution in [2.24, 2.45) is 0 Å². The molecule has 0 aromatic heterocycles. The highest BCUT2D eigenvalue weighted by Crippen LogP contribution is 2.32. The Balaban J connectivity index is 2.57.